The standard InChI is InChI=1S/C21H24N8OS/c1-3-10-29(13-18-27-28-19(30-18)16-9-6-11-31-16)12-17-24-20(22)26-21(25-17)23-15-8-5-4-7-14(15)2/h4-9,11H,3,10,12-13H2,1-2H3,(H3,22,23,24,25,26). The molecule has 4 aromatic rings. The molecule has 1 aromatic carbocycles. The Morgan fingerprint density at radius 3 is 2.71 bits per heavy atom. The lowest BCUT2D eigenvalue weighted by Gasteiger charge is -2.19. The molecule has 0 aliphatic rings. The molecule has 0 unspecified atom stereocenters. The van der Waals surface area contributed by atoms with Crippen LogP contribution in [0.1, 0.15) is 30.6 Å². The average Bonchev–Trinajstić information content (AvgIpc) is 3.41. The monoisotopic (exact) mass is 436 g/mol. The lowest BCUT2D eigenvalue weighted by atomic mass is 10.2. The van der Waals surface area contributed by atoms with Crippen molar-refractivity contribution < 1.29 is 4.42 Å². The van der Waals surface area contributed by atoms with Crippen molar-refractivity contribution in [2.75, 3.05) is 17.6 Å². The summed E-state index contributed by atoms with van der Waals surface area (Å²) in [5.41, 5.74) is 7.97. The van der Waals surface area contributed by atoms with Crippen molar-refractivity contribution in [3.8, 4) is 10.8 Å². The molecule has 0 atom stereocenters. The molecule has 4 rings (SSSR count). The number of rotatable bonds is 9. The maximum atomic E-state index is 5.95. The Bertz CT molecular complexity index is 1130. The maximum absolute atomic E-state index is 5.95. The minimum absolute atomic E-state index is 0.176. The number of aryl methyl sites for hydroxylation is 1. The molecule has 160 valence electrons. The summed E-state index contributed by atoms with van der Waals surface area (Å²) in [5.74, 6) is 2.27. The van der Waals surface area contributed by atoms with Gasteiger partial charge in [0.2, 0.25) is 17.8 Å². The summed E-state index contributed by atoms with van der Waals surface area (Å²) < 4.78 is 5.84. The van der Waals surface area contributed by atoms with E-state index in [0.29, 0.717) is 36.6 Å². The van der Waals surface area contributed by atoms with E-state index in [1.807, 2.05) is 48.7 Å². The number of benzene rings is 1. The van der Waals surface area contributed by atoms with Crippen LogP contribution >= 0.6 is 11.3 Å². The molecule has 0 radical (unpaired) electrons. The zero-order valence-corrected chi connectivity index (χ0v) is 18.3. The van der Waals surface area contributed by atoms with Gasteiger partial charge in [-0.15, -0.1) is 21.5 Å². The number of hydrogen-bond acceptors (Lipinski definition) is 10. The second-order valence-corrected chi connectivity index (χ2v) is 8.01. The number of nitrogens with one attached hydrogen (secondary N) is 1. The first-order chi connectivity index (χ1) is 15.1. The summed E-state index contributed by atoms with van der Waals surface area (Å²) in [5, 5.41) is 13.6. The Balaban J connectivity index is 1.49. The van der Waals surface area contributed by atoms with E-state index in [1.165, 1.54) is 0 Å². The van der Waals surface area contributed by atoms with Crippen LogP contribution < -0.4 is 11.1 Å². The zero-order valence-electron chi connectivity index (χ0n) is 17.4. The summed E-state index contributed by atoms with van der Waals surface area (Å²) in [6, 6.07) is 11.9. The topological polar surface area (TPSA) is 119 Å². The van der Waals surface area contributed by atoms with Crippen molar-refractivity contribution in [1.82, 2.24) is 30.0 Å². The second kappa shape index (κ2) is 9.63. The number of aromatic nitrogens is 5. The Kier molecular flexibility index (Phi) is 6.48. The third-order valence-electron chi connectivity index (χ3n) is 4.55. The van der Waals surface area contributed by atoms with E-state index in [9.17, 15) is 0 Å². The van der Waals surface area contributed by atoms with E-state index < -0.39 is 0 Å². The highest BCUT2D eigenvalue weighted by atomic mass is 32.1. The number of nitrogens with two attached hydrogens (primary N) is 1. The van der Waals surface area contributed by atoms with Crippen LogP contribution in [0, 0.1) is 6.92 Å². The van der Waals surface area contributed by atoms with Gasteiger partial charge in [0.25, 0.3) is 5.89 Å². The molecule has 0 fully saturated rings. The molecule has 3 heterocycles. The van der Waals surface area contributed by atoms with Gasteiger partial charge in [-0.3, -0.25) is 4.90 Å². The number of thiophene rings is 1. The number of hydrogen-bond donors (Lipinski definition) is 2. The maximum Gasteiger partial charge on any atom is 0.257 e. The SMILES string of the molecule is CCCN(Cc1nc(N)nc(Nc2ccccc2C)n1)Cc1nnc(-c2cccs2)o1. The predicted molar refractivity (Wildman–Crippen MR) is 121 cm³/mol. The van der Waals surface area contributed by atoms with Crippen molar-refractivity contribution >= 4 is 28.9 Å². The lowest BCUT2D eigenvalue weighted by molar-refractivity contribution is 0.226. The van der Waals surface area contributed by atoms with E-state index >= 15 is 0 Å². The van der Waals surface area contributed by atoms with Gasteiger partial charge in [0.15, 0.2) is 0 Å². The number of para-hydroxylation sites is 1. The first kappa shape index (κ1) is 20.9. The van der Waals surface area contributed by atoms with Gasteiger partial charge in [-0.25, -0.2) is 0 Å². The molecule has 0 spiro atoms. The number of nitrogen functional groups attached to an aromatic ring is 1. The molecule has 0 saturated carbocycles. The predicted octanol–water partition coefficient (Wildman–Crippen LogP) is 4.03. The lowest BCUT2D eigenvalue weighted by Crippen LogP contribution is -2.25. The van der Waals surface area contributed by atoms with Gasteiger partial charge < -0.3 is 15.5 Å². The normalized spacial score (nSPS) is 11.2. The van der Waals surface area contributed by atoms with Gasteiger partial charge >= 0.3 is 0 Å². The highest BCUT2D eigenvalue weighted by Crippen LogP contribution is 2.23. The van der Waals surface area contributed by atoms with Gasteiger partial charge in [0, 0.05) is 5.69 Å². The molecule has 10 heteroatoms. The zero-order chi connectivity index (χ0) is 21.6. The van der Waals surface area contributed by atoms with Crippen LogP contribution in [0.4, 0.5) is 17.6 Å². The van der Waals surface area contributed by atoms with Crippen molar-refractivity contribution in [1.29, 1.82) is 0 Å². The molecule has 0 saturated heterocycles. The number of anilines is 3. The van der Waals surface area contributed by atoms with Crippen molar-refractivity contribution in [2.24, 2.45) is 0 Å². The molecule has 0 aliphatic heterocycles. The van der Waals surface area contributed by atoms with Crippen LogP contribution in [0.25, 0.3) is 10.8 Å². The van der Waals surface area contributed by atoms with Gasteiger partial charge in [0.1, 0.15) is 5.82 Å². The molecular formula is C21H24N8OS. The van der Waals surface area contributed by atoms with E-state index in [2.05, 4.69) is 42.3 Å². The minimum atomic E-state index is 0.176. The Morgan fingerprint density at radius 1 is 1.06 bits per heavy atom. The molecule has 0 amide bonds. The first-order valence-corrected chi connectivity index (χ1v) is 10.9. The summed E-state index contributed by atoms with van der Waals surface area (Å²) >= 11 is 1.57. The van der Waals surface area contributed by atoms with Crippen LogP contribution in [0.5, 0.6) is 0 Å². The fourth-order valence-corrected chi connectivity index (χ4v) is 3.78. The fraction of sp³-hybridized carbons (Fsp3) is 0.286. The van der Waals surface area contributed by atoms with E-state index in [0.717, 1.165) is 29.1 Å². The molecule has 0 bridgehead atoms. The van der Waals surface area contributed by atoms with Gasteiger partial charge in [0.05, 0.1) is 18.0 Å². The molecule has 3 N–H and O–H groups in total. The average molecular weight is 437 g/mol. The highest BCUT2D eigenvalue weighted by Gasteiger charge is 2.16. The van der Waals surface area contributed by atoms with Crippen molar-refractivity contribution in [3.63, 3.8) is 0 Å². The van der Waals surface area contributed by atoms with Gasteiger partial charge in [-0.2, -0.15) is 15.0 Å². The quantitative estimate of drug-likeness (QED) is 0.401. The number of nitrogens with zero attached hydrogens (tertiary/aromatic N) is 6. The molecule has 31 heavy (non-hydrogen) atoms. The van der Waals surface area contributed by atoms with E-state index in [1.54, 1.807) is 11.3 Å². The van der Waals surface area contributed by atoms with Crippen LogP contribution in [-0.4, -0.2) is 36.6 Å². The molecule has 3 aromatic heterocycles. The van der Waals surface area contributed by atoms with E-state index in [-0.39, 0.29) is 5.95 Å². The molecule has 0 aliphatic carbocycles. The van der Waals surface area contributed by atoms with Crippen LogP contribution in [0.3, 0.4) is 0 Å². The Hall–Kier alpha value is -3.37. The summed E-state index contributed by atoms with van der Waals surface area (Å²) in [6.45, 7) is 5.94. The van der Waals surface area contributed by atoms with Crippen LogP contribution in [0.2, 0.25) is 0 Å². The van der Waals surface area contributed by atoms with Crippen molar-refractivity contribution in [2.45, 2.75) is 33.4 Å². The Labute approximate surface area is 184 Å². The molecule has 9 nitrogen and oxygen atoms in total. The minimum Gasteiger partial charge on any atom is -0.419 e. The smallest absolute Gasteiger partial charge is 0.257 e. The Morgan fingerprint density at radius 2 is 1.94 bits per heavy atom. The summed E-state index contributed by atoms with van der Waals surface area (Å²) in [7, 11) is 0. The van der Waals surface area contributed by atoms with Crippen LogP contribution in [-0.2, 0) is 13.1 Å². The second-order valence-electron chi connectivity index (χ2n) is 7.06. The van der Waals surface area contributed by atoms with Gasteiger partial charge in [-0.1, -0.05) is 31.2 Å². The fourth-order valence-electron chi connectivity index (χ4n) is 3.14. The van der Waals surface area contributed by atoms with E-state index in [4.69, 9.17) is 10.2 Å². The van der Waals surface area contributed by atoms with Crippen LogP contribution in [0.15, 0.2) is 46.2 Å². The third kappa shape index (κ3) is 5.41. The highest BCUT2D eigenvalue weighted by molar-refractivity contribution is 7.13. The largest absolute Gasteiger partial charge is 0.419 e. The third-order valence-corrected chi connectivity index (χ3v) is 5.41. The van der Waals surface area contributed by atoms with Gasteiger partial charge in [-0.05, 0) is 43.0 Å². The summed E-state index contributed by atoms with van der Waals surface area (Å²) in [4.78, 5) is 16.2. The summed E-state index contributed by atoms with van der Waals surface area (Å²) in [6.07, 6.45) is 0.959. The molecular weight excluding hydrogens is 412 g/mol. The first-order valence-electron chi connectivity index (χ1n) is 10.0. The van der Waals surface area contributed by atoms with Crippen molar-refractivity contribution in [3.05, 3.63) is 59.1 Å².